The molecular formula is C16H17N3O2. The summed E-state index contributed by atoms with van der Waals surface area (Å²) in [6.07, 6.45) is 4.58. The number of aromatic nitrogens is 1. The minimum Gasteiger partial charge on any atom is -0.375 e. The number of benzene rings is 1. The Morgan fingerprint density at radius 2 is 2.33 bits per heavy atom. The Morgan fingerprint density at radius 3 is 3.10 bits per heavy atom. The number of hydrogen-bond donors (Lipinski definition) is 3. The lowest BCUT2D eigenvalue weighted by molar-refractivity contribution is -0.133. The predicted octanol–water partition coefficient (Wildman–Crippen LogP) is 0.638. The number of carbonyl (C=O) groups excluding carboxylic acids is 1. The van der Waals surface area contributed by atoms with Gasteiger partial charge in [-0.2, -0.15) is 0 Å². The van der Waals surface area contributed by atoms with Gasteiger partial charge in [-0.05, 0) is 42.3 Å². The Morgan fingerprint density at radius 1 is 1.52 bits per heavy atom. The molecule has 5 nitrogen and oxygen atoms in total. The van der Waals surface area contributed by atoms with Gasteiger partial charge in [0, 0.05) is 29.7 Å². The topological polar surface area (TPSA) is 82.3 Å². The summed E-state index contributed by atoms with van der Waals surface area (Å²) in [5.41, 5.74) is 8.21. The van der Waals surface area contributed by atoms with Gasteiger partial charge in [0.15, 0.2) is 5.60 Å². The van der Waals surface area contributed by atoms with E-state index in [4.69, 9.17) is 5.73 Å². The molecule has 108 valence electrons. The molecule has 0 unspecified atom stereocenters. The molecule has 2 heterocycles. The number of nitrogens with zero attached hydrogens (tertiary/aromatic N) is 1. The van der Waals surface area contributed by atoms with Crippen molar-refractivity contribution in [1.82, 2.24) is 9.88 Å². The highest BCUT2D eigenvalue weighted by Crippen LogP contribution is 2.41. The predicted molar refractivity (Wildman–Crippen MR) is 80.5 cm³/mol. The van der Waals surface area contributed by atoms with Crippen LogP contribution < -0.4 is 5.73 Å². The van der Waals surface area contributed by atoms with Crippen molar-refractivity contribution >= 4 is 22.4 Å². The number of carbonyl (C=O) groups is 1. The average molecular weight is 283 g/mol. The van der Waals surface area contributed by atoms with Crippen LogP contribution in [0.25, 0.3) is 16.5 Å². The molecule has 0 bridgehead atoms. The molecule has 21 heavy (non-hydrogen) atoms. The fourth-order valence-corrected chi connectivity index (χ4v) is 3.66. The van der Waals surface area contributed by atoms with Crippen molar-refractivity contribution in [3.63, 3.8) is 0 Å². The Hall–Kier alpha value is -2.11. The van der Waals surface area contributed by atoms with Crippen LogP contribution >= 0.6 is 0 Å². The Balaban J connectivity index is 2.00. The highest BCUT2D eigenvalue weighted by Gasteiger charge is 2.42. The molecule has 4 N–H and O–H groups in total. The normalized spacial score (nSPS) is 28.3. The number of fused-ring (bicyclic) bond motifs is 2. The van der Waals surface area contributed by atoms with Crippen LogP contribution in [0.1, 0.15) is 11.1 Å². The van der Waals surface area contributed by atoms with E-state index in [-0.39, 0.29) is 12.6 Å². The van der Waals surface area contributed by atoms with E-state index in [1.807, 2.05) is 36.3 Å². The van der Waals surface area contributed by atoms with E-state index >= 15 is 0 Å². The molecule has 2 aromatic rings. The molecule has 0 saturated heterocycles. The molecule has 0 saturated carbocycles. The summed E-state index contributed by atoms with van der Waals surface area (Å²) < 4.78 is 0. The lowest BCUT2D eigenvalue weighted by Gasteiger charge is -2.42. The monoisotopic (exact) mass is 283 g/mol. The van der Waals surface area contributed by atoms with Crippen LogP contribution in [-0.2, 0) is 11.2 Å². The zero-order chi connectivity index (χ0) is 14.8. The maximum Gasteiger partial charge on any atom is 0.254 e. The van der Waals surface area contributed by atoms with Crippen LogP contribution in [0.2, 0.25) is 0 Å². The average Bonchev–Trinajstić information content (AvgIpc) is 2.85. The van der Waals surface area contributed by atoms with Crippen LogP contribution in [0.4, 0.5) is 0 Å². The third-order valence-electron chi connectivity index (χ3n) is 4.71. The highest BCUT2D eigenvalue weighted by molar-refractivity contribution is 6.00. The fraction of sp³-hybridized carbons (Fsp3) is 0.312. The van der Waals surface area contributed by atoms with Crippen molar-refractivity contribution in [2.75, 3.05) is 13.6 Å². The first-order valence-electron chi connectivity index (χ1n) is 7.04. The van der Waals surface area contributed by atoms with Crippen LogP contribution in [0.15, 0.2) is 30.5 Å². The Labute approximate surface area is 122 Å². The molecule has 4 rings (SSSR count). The lowest BCUT2D eigenvalue weighted by atomic mass is 9.78. The summed E-state index contributed by atoms with van der Waals surface area (Å²) >= 11 is 0. The van der Waals surface area contributed by atoms with Crippen molar-refractivity contribution in [1.29, 1.82) is 0 Å². The van der Waals surface area contributed by atoms with Crippen molar-refractivity contribution in [2.24, 2.45) is 5.73 Å². The molecule has 2 aliphatic rings. The number of H-pyrrole nitrogens is 1. The summed E-state index contributed by atoms with van der Waals surface area (Å²) in [5, 5.41) is 11.7. The number of nitrogens with two attached hydrogens (primary N) is 1. The number of aliphatic hydroxyl groups is 1. The first-order chi connectivity index (χ1) is 9.99. The molecule has 0 radical (unpaired) electrons. The van der Waals surface area contributed by atoms with E-state index in [2.05, 4.69) is 4.98 Å². The maximum absolute atomic E-state index is 11.6. The molecular weight excluding hydrogens is 266 g/mol. The summed E-state index contributed by atoms with van der Waals surface area (Å²) in [6, 6.07) is 6.23. The van der Waals surface area contributed by atoms with Crippen molar-refractivity contribution in [3.05, 3.63) is 41.6 Å². The molecule has 1 aromatic heterocycles. The Kier molecular flexibility index (Phi) is 2.38. The number of rotatable bonds is 1. The molecule has 2 atom stereocenters. The van der Waals surface area contributed by atoms with E-state index in [1.165, 1.54) is 10.9 Å². The second-order valence-electron chi connectivity index (χ2n) is 6.07. The van der Waals surface area contributed by atoms with E-state index in [1.54, 1.807) is 6.08 Å². The second-order valence-corrected chi connectivity index (χ2v) is 6.07. The second kappa shape index (κ2) is 3.96. The van der Waals surface area contributed by atoms with Gasteiger partial charge in [0.2, 0.25) is 0 Å². The van der Waals surface area contributed by atoms with Crippen molar-refractivity contribution in [3.8, 4) is 0 Å². The fourth-order valence-electron chi connectivity index (χ4n) is 3.66. The minimum atomic E-state index is -1.60. The van der Waals surface area contributed by atoms with Gasteiger partial charge in [0.05, 0.1) is 0 Å². The number of nitrogens with one attached hydrogen (secondary N) is 1. The standard InChI is InChI=1S/C16H17N3O2/c1-19-8-16(21,15(17)20)6-11-10-3-2-4-12-14(10)9(7-18-12)5-13(11)19/h2-4,6-7,13,18,21H,5,8H2,1H3,(H2,17,20)/t13-,16-/m1/s1. The lowest BCUT2D eigenvalue weighted by Crippen LogP contribution is -2.56. The van der Waals surface area contributed by atoms with Crippen molar-refractivity contribution < 1.29 is 9.90 Å². The summed E-state index contributed by atoms with van der Waals surface area (Å²) in [6.45, 7) is 0.228. The molecule has 1 amide bonds. The van der Waals surface area contributed by atoms with E-state index in [0.717, 1.165) is 23.1 Å². The van der Waals surface area contributed by atoms with Gasteiger partial charge in [-0.1, -0.05) is 12.1 Å². The van der Waals surface area contributed by atoms with Gasteiger partial charge < -0.3 is 15.8 Å². The maximum atomic E-state index is 11.6. The SMILES string of the molecule is CN1C[C@@](O)(C(N)=O)C=C2c3cccc4[nH]cc(c34)C[C@H]21. The molecule has 0 spiro atoms. The first kappa shape index (κ1) is 12.6. The number of β-amino-alcohol motifs (C(OH)–C–C–N with tert-alkyl or cyclic N) is 1. The molecule has 5 heteroatoms. The van der Waals surface area contributed by atoms with Gasteiger partial charge in [0.25, 0.3) is 5.91 Å². The van der Waals surface area contributed by atoms with Crippen LogP contribution in [0.5, 0.6) is 0 Å². The quantitative estimate of drug-likeness (QED) is 0.718. The van der Waals surface area contributed by atoms with E-state index < -0.39 is 11.5 Å². The van der Waals surface area contributed by atoms with Crippen LogP contribution in [-0.4, -0.2) is 46.1 Å². The zero-order valence-corrected chi connectivity index (χ0v) is 11.8. The number of likely N-dealkylation sites (N-methyl/N-ethyl adjacent to an activating group) is 1. The number of primary amides is 1. The van der Waals surface area contributed by atoms with Crippen LogP contribution in [0, 0.1) is 0 Å². The van der Waals surface area contributed by atoms with E-state index in [0.29, 0.717) is 0 Å². The zero-order valence-electron chi connectivity index (χ0n) is 11.8. The van der Waals surface area contributed by atoms with E-state index in [9.17, 15) is 9.90 Å². The summed E-state index contributed by atoms with van der Waals surface area (Å²) in [5.74, 6) is -0.702. The Bertz CT molecular complexity index is 792. The third-order valence-corrected chi connectivity index (χ3v) is 4.71. The molecule has 1 aliphatic heterocycles. The molecule has 1 aromatic carbocycles. The number of hydrogen-bond acceptors (Lipinski definition) is 3. The van der Waals surface area contributed by atoms with Crippen molar-refractivity contribution in [2.45, 2.75) is 18.1 Å². The van der Waals surface area contributed by atoms with Gasteiger partial charge in [-0.15, -0.1) is 0 Å². The van der Waals surface area contributed by atoms with Gasteiger partial charge in [-0.3, -0.25) is 9.69 Å². The largest absolute Gasteiger partial charge is 0.375 e. The third kappa shape index (κ3) is 1.61. The van der Waals surface area contributed by atoms with Crippen LogP contribution in [0.3, 0.4) is 0 Å². The smallest absolute Gasteiger partial charge is 0.254 e. The van der Waals surface area contributed by atoms with Gasteiger partial charge in [-0.25, -0.2) is 0 Å². The highest BCUT2D eigenvalue weighted by atomic mass is 16.3. The molecule has 0 fully saturated rings. The first-order valence-corrected chi connectivity index (χ1v) is 7.04. The number of aromatic amines is 1. The van der Waals surface area contributed by atoms with Gasteiger partial charge in [0.1, 0.15) is 0 Å². The minimum absolute atomic E-state index is 0.165. The van der Waals surface area contributed by atoms with Gasteiger partial charge >= 0.3 is 0 Å². The summed E-state index contributed by atoms with van der Waals surface area (Å²) in [7, 11) is 1.92. The molecule has 1 aliphatic carbocycles. The summed E-state index contributed by atoms with van der Waals surface area (Å²) in [4.78, 5) is 16.9. The number of amides is 1.